The molecule has 1 saturated heterocycles. The first-order valence-corrected chi connectivity index (χ1v) is 7.53. The smallest absolute Gasteiger partial charge is 0.0198 e. The molecule has 0 saturated carbocycles. The number of likely N-dealkylation sites (tertiary alicyclic amines) is 1. The molecule has 1 fully saturated rings. The molecule has 1 aliphatic heterocycles. The van der Waals surface area contributed by atoms with Gasteiger partial charge < -0.3 is 10.2 Å². The van der Waals surface area contributed by atoms with Crippen molar-refractivity contribution in [1.29, 1.82) is 0 Å². The first kappa shape index (κ1) is 15.0. The molecular weight excluding hydrogens is 208 g/mol. The van der Waals surface area contributed by atoms with E-state index >= 15 is 0 Å². The highest BCUT2D eigenvalue weighted by atomic mass is 15.1. The molecular formula is C15H32N2. The van der Waals surface area contributed by atoms with Gasteiger partial charge in [-0.1, -0.05) is 33.6 Å². The normalized spacial score (nSPS) is 26.6. The first-order chi connectivity index (χ1) is 8.11. The van der Waals surface area contributed by atoms with Crippen molar-refractivity contribution in [2.75, 3.05) is 26.7 Å². The van der Waals surface area contributed by atoms with Crippen molar-refractivity contribution in [1.82, 2.24) is 10.2 Å². The lowest BCUT2D eigenvalue weighted by Gasteiger charge is -2.36. The zero-order valence-corrected chi connectivity index (χ0v) is 12.3. The predicted molar refractivity (Wildman–Crippen MR) is 76.4 cm³/mol. The summed E-state index contributed by atoms with van der Waals surface area (Å²) in [6, 6.07) is 0.731. The van der Waals surface area contributed by atoms with Gasteiger partial charge in [-0.25, -0.2) is 0 Å². The fraction of sp³-hybridized carbons (Fsp3) is 1.00. The van der Waals surface area contributed by atoms with E-state index in [0.29, 0.717) is 0 Å². The fourth-order valence-electron chi connectivity index (χ4n) is 2.87. The molecule has 2 heteroatoms. The van der Waals surface area contributed by atoms with E-state index in [0.717, 1.165) is 17.9 Å². The van der Waals surface area contributed by atoms with Crippen LogP contribution >= 0.6 is 0 Å². The van der Waals surface area contributed by atoms with Gasteiger partial charge in [0.2, 0.25) is 0 Å². The van der Waals surface area contributed by atoms with Crippen molar-refractivity contribution in [2.45, 2.75) is 58.9 Å². The van der Waals surface area contributed by atoms with Gasteiger partial charge in [-0.3, -0.25) is 0 Å². The Labute approximate surface area is 108 Å². The summed E-state index contributed by atoms with van der Waals surface area (Å²) in [6.45, 7) is 10.6. The van der Waals surface area contributed by atoms with Crippen LogP contribution in [-0.4, -0.2) is 37.6 Å². The summed E-state index contributed by atoms with van der Waals surface area (Å²) in [7, 11) is 2.27. The third-order valence-electron chi connectivity index (χ3n) is 3.84. The molecule has 0 aromatic heterocycles. The summed E-state index contributed by atoms with van der Waals surface area (Å²) in [5, 5.41) is 3.75. The van der Waals surface area contributed by atoms with E-state index in [1.165, 1.54) is 51.7 Å². The van der Waals surface area contributed by atoms with E-state index in [4.69, 9.17) is 0 Å². The van der Waals surface area contributed by atoms with Gasteiger partial charge >= 0.3 is 0 Å². The molecule has 0 aromatic rings. The summed E-state index contributed by atoms with van der Waals surface area (Å²) in [5.74, 6) is 1.74. The molecule has 1 N–H and O–H groups in total. The number of likely N-dealkylation sites (N-methyl/N-ethyl adjacent to an activating group) is 1. The van der Waals surface area contributed by atoms with Gasteiger partial charge in [0.1, 0.15) is 0 Å². The maximum Gasteiger partial charge on any atom is 0.0198 e. The maximum atomic E-state index is 3.75. The van der Waals surface area contributed by atoms with Crippen LogP contribution in [0.1, 0.15) is 52.9 Å². The second-order valence-electron chi connectivity index (χ2n) is 6.30. The monoisotopic (exact) mass is 240 g/mol. The molecule has 0 radical (unpaired) electrons. The van der Waals surface area contributed by atoms with Crippen molar-refractivity contribution in [3.05, 3.63) is 0 Å². The molecule has 0 aliphatic carbocycles. The van der Waals surface area contributed by atoms with E-state index in [-0.39, 0.29) is 0 Å². The van der Waals surface area contributed by atoms with Crippen LogP contribution in [0.4, 0.5) is 0 Å². The minimum Gasteiger partial charge on any atom is -0.313 e. The zero-order valence-electron chi connectivity index (χ0n) is 12.3. The Morgan fingerprint density at radius 3 is 2.71 bits per heavy atom. The Hall–Kier alpha value is -0.0800. The molecule has 0 aromatic carbocycles. The van der Waals surface area contributed by atoms with Gasteiger partial charge in [0.15, 0.2) is 0 Å². The van der Waals surface area contributed by atoms with Gasteiger partial charge in [-0.05, 0) is 44.7 Å². The van der Waals surface area contributed by atoms with Crippen LogP contribution in [0.15, 0.2) is 0 Å². The molecule has 0 amide bonds. The van der Waals surface area contributed by atoms with Crippen molar-refractivity contribution in [2.24, 2.45) is 11.8 Å². The lowest BCUT2D eigenvalue weighted by Crippen LogP contribution is -2.48. The molecule has 2 unspecified atom stereocenters. The van der Waals surface area contributed by atoms with Crippen molar-refractivity contribution in [3.63, 3.8) is 0 Å². The van der Waals surface area contributed by atoms with Gasteiger partial charge in [-0.15, -0.1) is 0 Å². The van der Waals surface area contributed by atoms with Crippen molar-refractivity contribution < 1.29 is 0 Å². The van der Waals surface area contributed by atoms with E-state index < -0.39 is 0 Å². The highest BCUT2D eigenvalue weighted by Gasteiger charge is 2.24. The Kier molecular flexibility index (Phi) is 7.14. The molecule has 2 nitrogen and oxygen atoms in total. The lowest BCUT2D eigenvalue weighted by molar-refractivity contribution is 0.160. The fourth-order valence-corrected chi connectivity index (χ4v) is 2.87. The quantitative estimate of drug-likeness (QED) is 0.735. The lowest BCUT2D eigenvalue weighted by atomic mass is 9.90. The number of unbranched alkanes of at least 4 members (excludes halogenated alkanes) is 1. The number of nitrogens with one attached hydrogen (secondary N) is 1. The Morgan fingerprint density at radius 2 is 2.06 bits per heavy atom. The molecule has 1 rings (SSSR count). The van der Waals surface area contributed by atoms with E-state index in [1.807, 2.05) is 0 Å². The number of nitrogens with zero attached hydrogens (tertiary/aromatic N) is 1. The molecule has 1 aliphatic rings. The predicted octanol–water partition coefficient (Wildman–Crippen LogP) is 3.13. The minimum atomic E-state index is 0.731. The molecule has 0 spiro atoms. The Morgan fingerprint density at radius 1 is 1.29 bits per heavy atom. The molecule has 0 bridgehead atoms. The second-order valence-corrected chi connectivity index (χ2v) is 6.30. The van der Waals surface area contributed by atoms with Gasteiger partial charge in [-0.2, -0.15) is 0 Å². The second kappa shape index (κ2) is 8.10. The number of hydrogen-bond acceptors (Lipinski definition) is 2. The van der Waals surface area contributed by atoms with E-state index in [2.05, 4.69) is 38.0 Å². The zero-order chi connectivity index (χ0) is 12.7. The van der Waals surface area contributed by atoms with E-state index in [1.54, 1.807) is 0 Å². The van der Waals surface area contributed by atoms with Gasteiger partial charge in [0.25, 0.3) is 0 Å². The summed E-state index contributed by atoms with van der Waals surface area (Å²) in [4.78, 5) is 2.51. The van der Waals surface area contributed by atoms with Gasteiger partial charge in [0.05, 0.1) is 0 Å². The SMILES string of the molecule is CCCCC1CC(NCCC(C)C)CN(C)C1. The average molecular weight is 240 g/mol. The van der Waals surface area contributed by atoms with Crippen LogP contribution in [0.5, 0.6) is 0 Å². The van der Waals surface area contributed by atoms with Crippen LogP contribution in [0.25, 0.3) is 0 Å². The van der Waals surface area contributed by atoms with Crippen molar-refractivity contribution >= 4 is 0 Å². The minimum absolute atomic E-state index is 0.731. The summed E-state index contributed by atoms with van der Waals surface area (Å²) in [5.41, 5.74) is 0. The molecule has 17 heavy (non-hydrogen) atoms. The topological polar surface area (TPSA) is 15.3 Å². The molecule has 102 valence electrons. The molecule has 2 atom stereocenters. The largest absolute Gasteiger partial charge is 0.313 e. The van der Waals surface area contributed by atoms with Crippen molar-refractivity contribution in [3.8, 4) is 0 Å². The van der Waals surface area contributed by atoms with Crippen LogP contribution in [0.2, 0.25) is 0 Å². The summed E-state index contributed by atoms with van der Waals surface area (Å²) in [6.07, 6.45) is 6.86. The molecule has 1 heterocycles. The highest BCUT2D eigenvalue weighted by Crippen LogP contribution is 2.21. The van der Waals surface area contributed by atoms with E-state index in [9.17, 15) is 0 Å². The van der Waals surface area contributed by atoms with Crippen LogP contribution in [-0.2, 0) is 0 Å². The number of hydrogen-bond donors (Lipinski definition) is 1. The standard InChI is InChI=1S/C15H32N2/c1-5-6-7-14-10-15(12-17(4)11-14)16-9-8-13(2)3/h13-16H,5-12H2,1-4H3. The van der Waals surface area contributed by atoms with Crippen LogP contribution < -0.4 is 5.32 Å². The first-order valence-electron chi connectivity index (χ1n) is 7.53. The number of piperidine rings is 1. The highest BCUT2D eigenvalue weighted by molar-refractivity contribution is 4.82. The summed E-state index contributed by atoms with van der Waals surface area (Å²) >= 11 is 0. The van der Waals surface area contributed by atoms with Crippen LogP contribution in [0.3, 0.4) is 0 Å². The summed E-state index contributed by atoms with van der Waals surface area (Å²) < 4.78 is 0. The maximum absolute atomic E-state index is 3.75. The Bertz CT molecular complexity index is 191. The number of rotatable bonds is 7. The average Bonchev–Trinajstić information content (AvgIpc) is 2.25. The van der Waals surface area contributed by atoms with Gasteiger partial charge in [0, 0.05) is 19.1 Å². The third-order valence-corrected chi connectivity index (χ3v) is 3.84. The third kappa shape index (κ3) is 6.42. The Balaban J connectivity index is 2.24. The van der Waals surface area contributed by atoms with Crippen LogP contribution in [0, 0.1) is 11.8 Å².